The summed E-state index contributed by atoms with van der Waals surface area (Å²) in [6.07, 6.45) is -4.59. The van der Waals surface area contributed by atoms with Crippen LogP contribution in [0.3, 0.4) is 0 Å². The maximum atomic E-state index is 12.4. The zero-order valence-corrected chi connectivity index (χ0v) is 20.3. The maximum absolute atomic E-state index is 12.4. The summed E-state index contributed by atoms with van der Waals surface area (Å²) in [5.74, 6) is 0.475. The van der Waals surface area contributed by atoms with E-state index in [1.54, 1.807) is 26.2 Å². The summed E-state index contributed by atoms with van der Waals surface area (Å²) in [7, 11) is 3.42. The van der Waals surface area contributed by atoms with E-state index in [-0.39, 0.29) is 11.8 Å². The Balaban J connectivity index is 1.98. The molecule has 2 aromatic carbocycles. The lowest BCUT2D eigenvalue weighted by Gasteiger charge is -2.46. The summed E-state index contributed by atoms with van der Waals surface area (Å²) in [6.45, 7) is 4.89. The monoisotopic (exact) mass is 473 g/mol. The molecule has 1 aliphatic rings. The Bertz CT molecular complexity index is 1010. The Morgan fingerprint density at radius 2 is 1.85 bits per heavy atom. The highest BCUT2D eigenvalue weighted by molar-refractivity contribution is 5.95. The van der Waals surface area contributed by atoms with Crippen molar-refractivity contribution in [2.45, 2.75) is 63.3 Å². The van der Waals surface area contributed by atoms with Gasteiger partial charge in [-0.1, -0.05) is 32.0 Å². The summed E-state index contributed by atoms with van der Waals surface area (Å²) >= 11 is 0. The molecule has 3 rings (SSSR count). The number of ether oxygens (including phenoxy) is 2. The van der Waals surface area contributed by atoms with Gasteiger partial charge in [0.05, 0.1) is 6.61 Å². The number of nitrogens with zero attached hydrogens (tertiary/aromatic N) is 1. The average molecular weight is 474 g/mol. The van der Waals surface area contributed by atoms with Crippen LogP contribution < -0.4 is 4.74 Å². The molecule has 1 heterocycles. The molecule has 1 aliphatic heterocycles. The van der Waals surface area contributed by atoms with Gasteiger partial charge in [-0.05, 0) is 60.2 Å². The van der Waals surface area contributed by atoms with Gasteiger partial charge in [0.2, 0.25) is 6.29 Å². The number of carbonyl (C=O) groups excluding carboxylic acids is 1. The minimum atomic E-state index is -1.91. The van der Waals surface area contributed by atoms with E-state index in [9.17, 15) is 25.2 Å². The second kappa shape index (κ2) is 10.4. The molecule has 0 aromatic heterocycles. The summed E-state index contributed by atoms with van der Waals surface area (Å²) in [5, 5.41) is 40.8. The number of hydrogen-bond donors (Lipinski definition) is 4. The van der Waals surface area contributed by atoms with E-state index in [1.807, 2.05) is 44.2 Å². The molecule has 1 saturated heterocycles. The van der Waals surface area contributed by atoms with Crippen LogP contribution >= 0.6 is 0 Å². The van der Waals surface area contributed by atoms with Crippen LogP contribution in [0.1, 0.15) is 49.0 Å². The van der Waals surface area contributed by atoms with Crippen molar-refractivity contribution in [2.24, 2.45) is 0 Å². The van der Waals surface area contributed by atoms with Crippen LogP contribution in [0.4, 0.5) is 0 Å². The largest absolute Gasteiger partial charge is 0.461 e. The Morgan fingerprint density at radius 3 is 2.47 bits per heavy atom. The van der Waals surface area contributed by atoms with Crippen LogP contribution in [0.2, 0.25) is 0 Å². The Labute approximate surface area is 200 Å². The molecule has 34 heavy (non-hydrogen) atoms. The fourth-order valence-corrected chi connectivity index (χ4v) is 4.01. The molecule has 1 fully saturated rings. The van der Waals surface area contributed by atoms with Crippen molar-refractivity contribution in [3.63, 3.8) is 0 Å². The first-order valence-electron chi connectivity index (χ1n) is 11.5. The topological polar surface area (TPSA) is 120 Å². The molecule has 186 valence electrons. The summed E-state index contributed by atoms with van der Waals surface area (Å²) in [4.78, 5) is 13.9. The third kappa shape index (κ3) is 5.11. The molecule has 4 N–H and O–H groups in total. The van der Waals surface area contributed by atoms with E-state index < -0.39 is 36.8 Å². The third-order valence-corrected chi connectivity index (χ3v) is 6.49. The molecule has 1 amide bonds. The molecular formula is C26H35NO7. The van der Waals surface area contributed by atoms with E-state index in [0.29, 0.717) is 11.3 Å². The first kappa shape index (κ1) is 26.1. The van der Waals surface area contributed by atoms with Crippen LogP contribution in [-0.4, -0.2) is 82.1 Å². The Morgan fingerprint density at radius 1 is 1.18 bits per heavy atom. The molecule has 6 unspecified atom stereocenters. The van der Waals surface area contributed by atoms with E-state index in [4.69, 9.17) is 9.47 Å². The SMILES string of the molecule is CCC(C)c1cc(-c2cccc(C(=O)N(C)C)c2)ccc1OC1OC(CO)C(O)C(O)C1(C)O. The lowest BCUT2D eigenvalue weighted by atomic mass is 9.88. The fourth-order valence-electron chi connectivity index (χ4n) is 4.01. The highest BCUT2D eigenvalue weighted by atomic mass is 16.7. The lowest BCUT2D eigenvalue weighted by Crippen LogP contribution is -2.66. The fraction of sp³-hybridized carbons (Fsp3) is 0.500. The minimum absolute atomic E-state index is 0.0835. The number of carbonyl (C=O) groups is 1. The number of rotatable bonds is 7. The zero-order valence-electron chi connectivity index (χ0n) is 20.3. The number of amides is 1. The van der Waals surface area contributed by atoms with Gasteiger partial charge in [0.15, 0.2) is 5.60 Å². The van der Waals surface area contributed by atoms with Crippen LogP contribution in [0.25, 0.3) is 11.1 Å². The number of aliphatic hydroxyl groups excluding tert-OH is 3. The Hall–Kier alpha value is -2.49. The van der Waals surface area contributed by atoms with Gasteiger partial charge in [0, 0.05) is 19.7 Å². The summed E-state index contributed by atoms with van der Waals surface area (Å²) in [6, 6.07) is 13.0. The molecule has 0 radical (unpaired) electrons. The highest BCUT2D eigenvalue weighted by Crippen LogP contribution is 2.37. The Kier molecular flexibility index (Phi) is 8.00. The normalized spacial score (nSPS) is 27.8. The highest BCUT2D eigenvalue weighted by Gasteiger charge is 2.53. The van der Waals surface area contributed by atoms with Gasteiger partial charge in [0.1, 0.15) is 24.1 Å². The van der Waals surface area contributed by atoms with Crippen molar-refractivity contribution in [1.29, 1.82) is 0 Å². The lowest BCUT2D eigenvalue weighted by molar-refractivity contribution is -0.315. The predicted octanol–water partition coefficient (Wildman–Crippen LogP) is 2.14. The van der Waals surface area contributed by atoms with Crippen molar-refractivity contribution in [2.75, 3.05) is 20.7 Å². The summed E-state index contributed by atoms with van der Waals surface area (Å²) in [5.41, 5.74) is 1.32. The minimum Gasteiger partial charge on any atom is -0.461 e. The van der Waals surface area contributed by atoms with Crippen molar-refractivity contribution >= 4 is 5.91 Å². The quantitative estimate of drug-likeness (QED) is 0.486. The number of hydrogen-bond acceptors (Lipinski definition) is 7. The van der Waals surface area contributed by atoms with E-state index in [0.717, 1.165) is 23.1 Å². The molecule has 8 nitrogen and oxygen atoms in total. The second-order valence-corrected chi connectivity index (χ2v) is 9.31. The standard InChI is InChI=1S/C26H35NO7/c1-6-15(2)19-13-17(16-8-7-9-18(12-16)24(31)27(4)5)10-11-20(19)33-25-26(3,32)23(30)22(29)21(14-28)34-25/h7-13,15,21-23,25,28-30,32H,6,14H2,1-5H3. The van der Waals surface area contributed by atoms with Gasteiger partial charge in [-0.3, -0.25) is 4.79 Å². The van der Waals surface area contributed by atoms with Gasteiger partial charge in [0.25, 0.3) is 5.91 Å². The van der Waals surface area contributed by atoms with Crippen LogP contribution in [0.5, 0.6) is 5.75 Å². The smallest absolute Gasteiger partial charge is 0.253 e. The van der Waals surface area contributed by atoms with E-state index >= 15 is 0 Å². The molecule has 8 heteroatoms. The van der Waals surface area contributed by atoms with Crippen molar-refractivity contribution in [3.8, 4) is 16.9 Å². The van der Waals surface area contributed by atoms with Gasteiger partial charge < -0.3 is 34.8 Å². The van der Waals surface area contributed by atoms with Crippen molar-refractivity contribution in [1.82, 2.24) is 4.90 Å². The van der Waals surface area contributed by atoms with Crippen molar-refractivity contribution < 1.29 is 34.7 Å². The van der Waals surface area contributed by atoms with E-state index in [2.05, 4.69) is 0 Å². The first-order chi connectivity index (χ1) is 16.0. The van der Waals surface area contributed by atoms with Crippen LogP contribution in [0, 0.1) is 0 Å². The maximum Gasteiger partial charge on any atom is 0.253 e. The zero-order chi connectivity index (χ0) is 25.2. The predicted molar refractivity (Wildman–Crippen MR) is 128 cm³/mol. The summed E-state index contributed by atoms with van der Waals surface area (Å²) < 4.78 is 11.7. The van der Waals surface area contributed by atoms with Crippen LogP contribution in [0.15, 0.2) is 42.5 Å². The molecule has 0 aliphatic carbocycles. The average Bonchev–Trinajstić information content (AvgIpc) is 2.83. The molecule has 0 saturated carbocycles. The van der Waals surface area contributed by atoms with E-state index in [1.165, 1.54) is 11.8 Å². The third-order valence-electron chi connectivity index (χ3n) is 6.49. The molecule has 0 spiro atoms. The van der Waals surface area contributed by atoms with Gasteiger partial charge >= 0.3 is 0 Å². The van der Waals surface area contributed by atoms with Crippen LogP contribution in [-0.2, 0) is 4.74 Å². The number of benzene rings is 2. The van der Waals surface area contributed by atoms with Gasteiger partial charge in [-0.15, -0.1) is 0 Å². The van der Waals surface area contributed by atoms with Gasteiger partial charge in [-0.25, -0.2) is 0 Å². The molecule has 2 aromatic rings. The number of aliphatic hydroxyl groups is 4. The van der Waals surface area contributed by atoms with Gasteiger partial charge in [-0.2, -0.15) is 0 Å². The molecule has 6 atom stereocenters. The second-order valence-electron chi connectivity index (χ2n) is 9.31. The van der Waals surface area contributed by atoms with Crippen molar-refractivity contribution in [3.05, 3.63) is 53.6 Å². The first-order valence-corrected chi connectivity index (χ1v) is 11.5. The molecule has 0 bridgehead atoms. The molecular weight excluding hydrogens is 438 g/mol.